The Kier molecular flexibility index (Phi) is 1.67. The molecule has 0 spiro atoms. The molecule has 6 heteroatoms. The molecule has 0 saturated carbocycles. The van der Waals surface area contributed by atoms with Gasteiger partial charge in [-0.1, -0.05) is 0 Å². The molecule has 0 aliphatic heterocycles. The van der Waals surface area contributed by atoms with Crippen LogP contribution in [0.1, 0.15) is 10.5 Å². The molecular weight excluding hydrogens is 153 g/mol. The molecular formula is C5H4FN3O2. The normalized spacial score (nSPS) is 9.55. The zero-order valence-electron chi connectivity index (χ0n) is 5.30. The van der Waals surface area contributed by atoms with Gasteiger partial charge in [0.25, 0.3) is 11.5 Å². The number of amides is 1. The van der Waals surface area contributed by atoms with Gasteiger partial charge in [0.2, 0.25) is 5.95 Å². The minimum Gasteiger partial charge on any atom is -0.364 e. The van der Waals surface area contributed by atoms with E-state index in [0.29, 0.717) is 6.20 Å². The van der Waals surface area contributed by atoms with Crippen LogP contribution in [-0.4, -0.2) is 15.9 Å². The van der Waals surface area contributed by atoms with Crippen LogP contribution in [0.15, 0.2) is 11.0 Å². The predicted octanol–water partition coefficient (Wildman–Crippen LogP) is -0.992. The molecule has 0 unspecified atom stereocenters. The lowest BCUT2D eigenvalue weighted by Gasteiger charge is -1.90. The first-order chi connectivity index (χ1) is 5.11. The Balaban J connectivity index is 3.32. The Hall–Kier alpha value is -1.72. The summed E-state index contributed by atoms with van der Waals surface area (Å²) in [6.07, 6.45) is 0.710. The quantitative estimate of drug-likeness (QED) is 0.548. The van der Waals surface area contributed by atoms with E-state index in [1.807, 2.05) is 0 Å². The third kappa shape index (κ3) is 1.40. The van der Waals surface area contributed by atoms with Gasteiger partial charge in [-0.15, -0.1) is 0 Å². The van der Waals surface area contributed by atoms with E-state index in [1.165, 1.54) is 0 Å². The third-order valence-corrected chi connectivity index (χ3v) is 0.988. The molecule has 0 fully saturated rings. The van der Waals surface area contributed by atoms with Gasteiger partial charge >= 0.3 is 0 Å². The molecule has 3 N–H and O–H groups in total. The second kappa shape index (κ2) is 2.49. The summed E-state index contributed by atoms with van der Waals surface area (Å²) in [7, 11) is 0. The van der Waals surface area contributed by atoms with E-state index < -0.39 is 23.1 Å². The zero-order valence-corrected chi connectivity index (χ0v) is 5.30. The van der Waals surface area contributed by atoms with Gasteiger partial charge in [0.1, 0.15) is 0 Å². The zero-order chi connectivity index (χ0) is 8.43. The van der Waals surface area contributed by atoms with Crippen LogP contribution in [0, 0.1) is 5.95 Å². The number of nitrogens with zero attached hydrogens (tertiary/aromatic N) is 1. The number of carbonyl (C=O) groups is 1. The molecule has 1 rings (SSSR count). The fourth-order valence-corrected chi connectivity index (χ4v) is 0.555. The first-order valence-electron chi connectivity index (χ1n) is 2.66. The molecule has 0 atom stereocenters. The van der Waals surface area contributed by atoms with E-state index >= 15 is 0 Å². The Bertz CT molecular complexity index is 346. The first kappa shape index (κ1) is 7.39. The minimum atomic E-state index is -0.980. The number of H-pyrrole nitrogens is 1. The molecule has 0 saturated heterocycles. The van der Waals surface area contributed by atoms with Gasteiger partial charge in [-0.05, 0) is 0 Å². The van der Waals surface area contributed by atoms with Crippen LogP contribution in [0.2, 0.25) is 0 Å². The van der Waals surface area contributed by atoms with Crippen LogP contribution in [0.5, 0.6) is 0 Å². The number of primary amides is 1. The SMILES string of the molecule is NC(=O)c1ncc(F)[nH]c1=O. The topological polar surface area (TPSA) is 88.8 Å². The molecule has 0 aromatic carbocycles. The van der Waals surface area contributed by atoms with Crippen molar-refractivity contribution in [2.24, 2.45) is 5.73 Å². The van der Waals surface area contributed by atoms with Crippen molar-refractivity contribution < 1.29 is 9.18 Å². The highest BCUT2D eigenvalue weighted by atomic mass is 19.1. The summed E-state index contributed by atoms with van der Waals surface area (Å²) in [4.78, 5) is 25.9. The maximum Gasteiger partial charge on any atom is 0.281 e. The van der Waals surface area contributed by atoms with Gasteiger partial charge in [-0.25, -0.2) is 4.98 Å². The summed E-state index contributed by atoms with van der Waals surface area (Å²) < 4.78 is 12.1. The lowest BCUT2D eigenvalue weighted by atomic mass is 10.4. The smallest absolute Gasteiger partial charge is 0.281 e. The lowest BCUT2D eigenvalue weighted by molar-refractivity contribution is 0.0993. The molecule has 1 aromatic heterocycles. The van der Waals surface area contributed by atoms with Crippen LogP contribution in [0.3, 0.4) is 0 Å². The van der Waals surface area contributed by atoms with Crippen LogP contribution in [0.4, 0.5) is 4.39 Å². The maximum absolute atomic E-state index is 12.1. The summed E-state index contributed by atoms with van der Waals surface area (Å²) in [6.45, 7) is 0. The third-order valence-electron chi connectivity index (χ3n) is 0.988. The highest BCUT2D eigenvalue weighted by Crippen LogP contribution is 1.84. The summed E-state index contributed by atoms with van der Waals surface area (Å²) in [5.74, 6) is -1.88. The highest BCUT2D eigenvalue weighted by molar-refractivity contribution is 5.90. The van der Waals surface area contributed by atoms with Crippen molar-refractivity contribution >= 4 is 5.91 Å². The van der Waals surface area contributed by atoms with E-state index in [0.717, 1.165) is 0 Å². The van der Waals surface area contributed by atoms with Crippen LogP contribution >= 0.6 is 0 Å². The number of aromatic amines is 1. The maximum atomic E-state index is 12.1. The number of aromatic nitrogens is 2. The van der Waals surface area contributed by atoms with E-state index in [1.54, 1.807) is 4.98 Å². The average Bonchev–Trinajstić information content (AvgIpc) is 1.85. The van der Waals surface area contributed by atoms with Crippen molar-refractivity contribution in [3.05, 3.63) is 28.2 Å². The molecule has 1 heterocycles. The van der Waals surface area contributed by atoms with Gasteiger partial charge in [0, 0.05) is 0 Å². The molecule has 58 valence electrons. The van der Waals surface area contributed by atoms with E-state index in [-0.39, 0.29) is 0 Å². The number of rotatable bonds is 1. The van der Waals surface area contributed by atoms with Gasteiger partial charge in [0.15, 0.2) is 5.69 Å². The van der Waals surface area contributed by atoms with E-state index in [9.17, 15) is 14.0 Å². The number of halogens is 1. The van der Waals surface area contributed by atoms with E-state index in [4.69, 9.17) is 5.73 Å². The van der Waals surface area contributed by atoms with Crippen molar-refractivity contribution in [3.8, 4) is 0 Å². The summed E-state index contributed by atoms with van der Waals surface area (Å²) in [5, 5.41) is 0. The Morgan fingerprint density at radius 1 is 1.73 bits per heavy atom. The largest absolute Gasteiger partial charge is 0.364 e. The van der Waals surface area contributed by atoms with E-state index in [2.05, 4.69) is 4.98 Å². The standard InChI is InChI=1S/C5H4FN3O2/c6-2-1-8-3(4(7)10)5(11)9-2/h1H,(H2,7,10)(H,9,11). The second-order valence-corrected chi connectivity index (χ2v) is 1.77. The molecule has 1 aromatic rings. The van der Waals surface area contributed by atoms with Crippen molar-refractivity contribution in [2.75, 3.05) is 0 Å². The monoisotopic (exact) mass is 157 g/mol. The van der Waals surface area contributed by atoms with Crippen molar-refractivity contribution in [1.82, 2.24) is 9.97 Å². The Morgan fingerprint density at radius 3 is 2.82 bits per heavy atom. The van der Waals surface area contributed by atoms with Gasteiger partial charge in [-0.3, -0.25) is 14.6 Å². The average molecular weight is 157 g/mol. The van der Waals surface area contributed by atoms with Crippen LogP contribution in [-0.2, 0) is 0 Å². The highest BCUT2D eigenvalue weighted by Gasteiger charge is 2.07. The van der Waals surface area contributed by atoms with Gasteiger partial charge < -0.3 is 5.73 Å². The second-order valence-electron chi connectivity index (χ2n) is 1.77. The fraction of sp³-hybridized carbons (Fsp3) is 0. The molecule has 5 nitrogen and oxygen atoms in total. The summed E-state index contributed by atoms with van der Waals surface area (Å²) >= 11 is 0. The lowest BCUT2D eigenvalue weighted by Crippen LogP contribution is -2.25. The molecule has 0 radical (unpaired) electrons. The van der Waals surface area contributed by atoms with Crippen molar-refractivity contribution in [2.45, 2.75) is 0 Å². The first-order valence-corrected chi connectivity index (χ1v) is 2.66. The molecule has 11 heavy (non-hydrogen) atoms. The van der Waals surface area contributed by atoms with Crippen molar-refractivity contribution in [3.63, 3.8) is 0 Å². The fourth-order valence-electron chi connectivity index (χ4n) is 0.555. The van der Waals surface area contributed by atoms with Crippen molar-refractivity contribution in [1.29, 1.82) is 0 Å². The molecule has 0 aliphatic carbocycles. The predicted molar refractivity (Wildman–Crippen MR) is 33.3 cm³/mol. The van der Waals surface area contributed by atoms with Gasteiger partial charge in [0.05, 0.1) is 6.20 Å². The van der Waals surface area contributed by atoms with Crippen LogP contribution < -0.4 is 11.3 Å². The Labute approximate surface area is 60.1 Å². The number of nitrogens with one attached hydrogen (secondary N) is 1. The van der Waals surface area contributed by atoms with Crippen LogP contribution in [0.25, 0.3) is 0 Å². The minimum absolute atomic E-state index is 0.494. The molecule has 1 amide bonds. The molecule has 0 aliphatic rings. The Morgan fingerprint density at radius 2 is 2.36 bits per heavy atom. The number of carbonyl (C=O) groups excluding carboxylic acids is 1. The number of hydrogen-bond acceptors (Lipinski definition) is 3. The number of nitrogens with two attached hydrogens (primary N) is 1. The number of hydrogen-bond donors (Lipinski definition) is 2. The summed E-state index contributed by atoms with van der Waals surface area (Å²) in [6, 6.07) is 0. The van der Waals surface area contributed by atoms with Gasteiger partial charge in [-0.2, -0.15) is 4.39 Å². The molecule has 0 bridgehead atoms. The summed E-state index contributed by atoms with van der Waals surface area (Å²) in [5.41, 5.74) is 3.31.